The van der Waals surface area contributed by atoms with E-state index in [4.69, 9.17) is 4.84 Å². The molecule has 0 aliphatic rings. The Hall–Kier alpha value is -5.82. The molecule has 7 nitrogen and oxygen atoms in total. The quantitative estimate of drug-likeness (QED) is 0.0554. The lowest BCUT2D eigenvalue weighted by Gasteiger charge is -2.29. The molecule has 0 unspecified atom stereocenters. The Bertz CT molecular complexity index is 1800. The summed E-state index contributed by atoms with van der Waals surface area (Å²) in [5.41, 5.74) is 9.10. The summed E-state index contributed by atoms with van der Waals surface area (Å²) in [6, 6.07) is 29.0. The third-order valence-electron chi connectivity index (χ3n) is 7.07. The van der Waals surface area contributed by atoms with Gasteiger partial charge in [0.15, 0.2) is 5.78 Å². The maximum Gasteiger partial charge on any atom is 0.331 e. The van der Waals surface area contributed by atoms with Gasteiger partial charge in [0.1, 0.15) is 0 Å². The predicted molar refractivity (Wildman–Crippen MR) is 204 cm³/mol. The van der Waals surface area contributed by atoms with Crippen molar-refractivity contribution in [2.75, 3.05) is 12.0 Å². The summed E-state index contributed by atoms with van der Waals surface area (Å²) in [5.74, 6) is -0.765. The molecule has 4 aromatic carbocycles. The van der Waals surface area contributed by atoms with Gasteiger partial charge >= 0.3 is 11.9 Å². The van der Waals surface area contributed by atoms with Crippen LogP contribution < -0.4 is 4.90 Å². The van der Waals surface area contributed by atoms with Crippen molar-refractivity contribution in [3.8, 4) is 0 Å². The first-order valence-electron chi connectivity index (χ1n) is 16.0. The van der Waals surface area contributed by atoms with Crippen molar-refractivity contribution in [1.82, 2.24) is 0 Å². The van der Waals surface area contributed by atoms with E-state index in [1.54, 1.807) is 13.0 Å². The number of ketones is 1. The molecule has 0 fully saturated rings. The Kier molecular flexibility index (Phi) is 15.9. The zero-order valence-corrected chi connectivity index (χ0v) is 29.7. The van der Waals surface area contributed by atoms with Crippen LogP contribution in [0.25, 0.3) is 17.7 Å². The molecule has 0 saturated heterocycles. The molecule has 0 saturated carbocycles. The molecule has 49 heavy (non-hydrogen) atoms. The number of carbonyl (C=O) groups is 3. The molecule has 7 heteroatoms. The van der Waals surface area contributed by atoms with Gasteiger partial charge in [0, 0.05) is 47.5 Å². The summed E-state index contributed by atoms with van der Waals surface area (Å²) in [6.45, 7) is 20.6. The fourth-order valence-corrected chi connectivity index (χ4v) is 4.72. The van der Waals surface area contributed by atoms with Crippen molar-refractivity contribution in [3.05, 3.63) is 144 Å². The highest BCUT2D eigenvalue weighted by atomic mass is 16.7. The molecule has 0 spiro atoms. The molecule has 0 aliphatic heterocycles. The van der Waals surface area contributed by atoms with E-state index in [1.165, 1.54) is 21.0 Å². The number of benzene rings is 4. The first-order valence-corrected chi connectivity index (χ1v) is 16.0. The van der Waals surface area contributed by atoms with Gasteiger partial charge in [-0.25, -0.2) is 4.79 Å². The number of methoxy groups -OCH3 is 1. The molecule has 0 N–H and O–H groups in total. The summed E-state index contributed by atoms with van der Waals surface area (Å²) < 4.78 is 4.11. The number of carbonyl (C=O) groups excluding carboxylic acids is 3. The Morgan fingerprint density at radius 2 is 1.22 bits per heavy atom. The average Bonchev–Trinajstić information content (AvgIpc) is 3.12. The number of hydrogen-bond acceptors (Lipinski definition) is 7. The van der Waals surface area contributed by atoms with Gasteiger partial charge in [0.2, 0.25) is 0 Å². The second kappa shape index (κ2) is 19.8. The molecular formula is C42H46N2O5. The number of esters is 1. The van der Waals surface area contributed by atoms with Crippen LogP contribution in [0.5, 0.6) is 0 Å². The van der Waals surface area contributed by atoms with Gasteiger partial charge in [-0.15, -0.1) is 0 Å². The summed E-state index contributed by atoms with van der Waals surface area (Å²) >= 11 is 0. The van der Waals surface area contributed by atoms with Gasteiger partial charge in [-0.2, -0.15) is 0 Å². The summed E-state index contributed by atoms with van der Waals surface area (Å²) in [6.07, 6.45) is 5.78. The van der Waals surface area contributed by atoms with Crippen molar-refractivity contribution >= 4 is 58.2 Å². The normalized spacial score (nSPS) is 10.5. The molecular weight excluding hydrogens is 612 g/mol. The molecule has 0 atom stereocenters. The van der Waals surface area contributed by atoms with Crippen LogP contribution >= 0.6 is 0 Å². The third kappa shape index (κ3) is 10.9. The summed E-state index contributed by atoms with van der Waals surface area (Å²) in [7, 11) is 1.35. The van der Waals surface area contributed by atoms with E-state index in [0.29, 0.717) is 16.8 Å². The molecule has 0 aromatic heterocycles. The lowest BCUT2D eigenvalue weighted by Crippen LogP contribution is -2.14. The van der Waals surface area contributed by atoms with E-state index in [1.807, 2.05) is 119 Å². The lowest BCUT2D eigenvalue weighted by atomic mass is 9.94. The van der Waals surface area contributed by atoms with Gasteiger partial charge in [0.05, 0.1) is 18.5 Å². The largest absolute Gasteiger partial charge is 0.469 e. The molecule has 0 radical (unpaired) electrons. The fourth-order valence-electron chi connectivity index (χ4n) is 4.72. The highest BCUT2D eigenvalue weighted by molar-refractivity contribution is 6.09. The topological polar surface area (TPSA) is 85.3 Å². The summed E-state index contributed by atoms with van der Waals surface area (Å²) in [5, 5.41) is 4.01. The Morgan fingerprint density at radius 1 is 0.714 bits per heavy atom. The highest BCUT2D eigenvalue weighted by Crippen LogP contribution is 2.40. The van der Waals surface area contributed by atoms with Crippen molar-refractivity contribution in [2.24, 2.45) is 5.16 Å². The lowest BCUT2D eigenvalue weighted by molar-refractivity contribution is -0.141. The minimum absolute atomic E-state index is 0.0324. The number of ether oxygens (including phenoxy) is 1. The number of rotatable bonds is 10. The van der Waals surface area contributed by atoms with Crippen molar-refractivity contribution in [3.63, 3.8) is 0 Å². The standard InChI is InChI=1S/C37H34N2O3.C3H6O2.C2H6/c1-7-12-35-33(8-2)34(26(5)38-42-27(6)40)23-24-36(35)39(31-19-15-28(16-20-31)25(3)4)32-21-17-30(18-22-32)37(41)29-13-10-9-11-14-29;1-3(4)5-2;1-2/h7-24H,2-3H2,1,4-6H3;1-2H3;1-2H3/b12-7-,38-26-;;. The fraction of sp³-hybridized carbons (Fsp3) is 0.190. The van der Waals surface area contributed by atoms with Crippen LogP contribution in [0, 0.1) is 0 Å². The average molecular weight is 659 g/mol. The number of oxime groups is 1. The Balaban J connectivity index is 0.00000109. The third-order valence-corrected chi connectivity index (χ3v) is 7.07. The zero-order valence-electron chi connectivity index (χ0n) is 29.7. The second-order valence-electron chi connectivity index (χ2n) is 10.5. The SMILES string of the molecule is C=Cc1c(/C(C)=N\OC(C)=O)ccc(N(c2ccc(C(=C)C)cc2)c2ccc(C(=O)c3ccccc3)cc2)c1/C=C\C.CC.COC(C)=O. The van der Waals surface area contributed by atoms with E-state index in [9.17, 15) is 14.4 Å². The molecule has 0 heterocycles. The molecule has 0 aliphatic carbocycles. The predicted octanol–water partition coefficient (Wildman–Crippen LogP) is 10.6. The van der Waals surface area contributed by atoms with E-state index < -0.39 is 5.97 Å². The molecule has 254 valence electrons. The van der Waals surface area contributed by atoms with Crippen LogP contribution in [0.3, 0.4) is 0 Å². The number of hydrogen-bond donors (Lipinski definition) is 0. The minimum Gasteiger partial charge on any atom is -0.469 e. The monoisotopic (exact) mass is 658 g/mol. The van der Waals surface area contributed by atoms with Crippen LogP contribution in [0.2, 0.25) is 0 Å². The molecule has 0 amide bonds. The number of anilines is 3. The highest BCUT2D eigenvalue weighted by Gasteiger charge is 2.20. The van der Waals surface area contributed by atoms with E-state index in [0.717, 1.165) is 44.9 Å². The zero-order chi connectivity index (χ0) is 36.5. The smallest absolute Gasteiger partial charge is 0.331 e. The number of nitrogens with zero attached hydrogens (tertiary/aromatic N) is 2. The van der Waals surface area contributed by atoms with Gasteiger partial charge in [-0.3, -0.25) is 9.59 Å². The minimum atomic E-state index is -0.488. The number of allylic oxidation sites excluding steroid dienone is 2. The van der Waals surface area contributed by atoms with Crippen molar-refractivity contribution in [2.45, 2.75) is 48.5 Å². The van der Waals surface area contributed by atoms with E-state index >= 15 is 0 Å². The van der Waals surface area contributed by atoms with Crippen LogP contribution in [-0.2, 0) is 19.2 Å². The molecule has 0 bridgehead atoms. The van der Waals surface area contributed by atoms with Gasteiger partial charge in [0.25, 0.3) is 0 Å². The molecule has 4 rings (SSSR count). The van der Waals surface area contributed by atoms with Gasteiger partial charge in [-0.1, -0.05) is 104 Å². The second-order valence-corrected chi connectivity index (χ2v) is 10.5. The van der Waals surface area contributed by atoms with Crippen LogP contribution in [0.1, 0.15) is 86.6 Å². The van der Waals surface area contributed by atoms with Crippen molar-refractivity contribution in [1.29, 1.82) is 0 Å². The Morgan fingerprint density at radius 3 is 1.67 bits per heavy atom. The first-order chi connectivity index (χ1) is 23.5. The molecule has 4 aromatic rings. The van der Waals surface area contributed by atoms with Crippen LogP contribution in [0.4, 0.5) is 17.1 Å². The van der Waals surface area contributed by atoms with Crippen LogP contribution in [-0.4, -0.2) is 30.5 Å². The maximum absolute atomic E-state index is 13.1. The van der Waals surface area contributed by atoms with Gasteiger partial charge < -0.3 is 14.5 Å². The van der Waals surface area contributed by atoms with Gasteiger partial charge in [-0.05, 0) is 74.4 Å². The van der Waals surface area contributed by atoms with Crippen molar-refractivity contribution < 1.29 is 24.0 Å². The summed E-state index contributed by atoms with van der Waals surface area (Å²) in [4.78, 5) is 41.1. The first kappa shape index (κ1) is 39.4. The van der Waals surface area contributed by atoms with E-state index in [2.05, 4.69) is 40.1 Å². The Labute approximate surface area is 290 Å². The van der Waals surface area contributed by atoms with Crippen LogP contribution in [0.15, 0.2) is 115 Å². The van der Waals surface area contributed by atoms with E-state index in [-0.39, 0.29) is 11.8 Å². The maximum atomic E-state index is 13.1.